The Labute approximate surface area is 175 Å². The first-order valence-corrected chi connectivity index (χ1v) is 12.2. The molecule has 0 N–H and O–H groups in total. The summed E-state index contributed by atoms with van der Waals surface area (Å²) in [5.74, 6) is -0.198. The van der Waals surface area contributed by atoms with Crippen molar-refractivity contribution >= 4 is 38.2 Å². The fourth-order valence-corrected chi connectivity index (χ4v) is 4.22. The van der Waals surface area contributed by atoms with Crippen molar-refractivity contribution in [2.45, 2.75) is 51.1 Å². The van der Waals surface area contributed by atoms with Crippen molar-refractivity contribution in [2.75, 3.05) is 30.9 Å². The molecule has 0 amide bonds. The smallest absolute Gasteiger partial charge is 0.249 e. The van der Waals surface area contributed by atoms with Crippen molar-refractivity contribution in [1.29, 1.82) is 0 Å². The molecule has 7 nitrogen and oxygen atoms in total. The van der Waals surface area contributed by atoms with Gasteiger partial charge in [0, 0.05) is 25.3 Å². The van der Waals surface area contributed by atoms with Gasteiger partial charge in [-0.3, -0.25) is 0 Å². The molecule has 1 atom stereocenters. The third kappa shape index (κ3) is 4.71. The summed E-state index contributed by atoms with van der Waals surface area (Å²) >= 11 is 5.96. The second-order valence-corrected chi connectivity index (χ2v) is 9.73. The number of rotatable bonds is 7. The number of aromatic nitrogens is 3. The highest BCUT2D eigenvalue weighted by Crippen LogP contribution is 2.38. The summed E-state index contributed by atoms with van der Waals surface area (Å²) in [7, 11) is -3.76. The fourth-order valence-electron chi connectivity index (χ4n) is 3.55. The molecule has 0 fully saturated rings. The first-order chi connectivity index (χ1) is 13.8. The van der Waals surface area contributed by atoms with E-state index >= 15 is 0 Å². The number of pyridine rings is 1. The molecule has 10 heteroatoms. The fraction of sp³-hybridized carbons (Fsp3) is 0.632. The second-order valence-electron chi connectivity index (χ2n) is 7.47. The maximum Gasteiger partial charge on any atom is 0.249 e. The van der Waals surface area contributed by atoms with Crippen LogP contribution in [0.2, 0.25) is 5.15 Å². The Balaban J connectivity index is 2.20. The van der Waals surface area contributed by atoms with E-state index in [0.29, 0.717) is 25.5 Å². The van der Waals surface area contributed by atoms with Crippen LogP contribution in [0, 0.1) is 11.7 Å². The van der Waals surface area contributed by atoms with E-state index in [-0.39, 0.29) is 22.7 Å². The van der Waals surface area contributed by atoms with Crippen LogP contribution in [-0.4, -0.2) is 49.3 Å². The van der Waals surface area contributed by atoms with Gasteiger partial charge in [-0.1, -0.05) is 44.7 Å². The van der Waals surface area contributed by atoms with E-state index in [4.69, 9.17) is 16.3 Å². The molecule has 2 aromatic rings. The lowest BCUT2D eigenvalue weighted by Crippen LogP contribution is -2.35. The first kappa shape index (κ1) is 22.0. The van der Waals surface area contributed by atoms with Crippen LogP contribution in [-0.2, 0) is 9.84 Å². The minimum atomic E-state index is -3.76. The zero-order chi connectivity index (χ0) is 21.2. The molecule has 160 valence electrons. The molecule has 2 aromatic heterocycles. The largest absolute Gasteiger partial charge is 0.477 e. The number of hydrogen-bond donors (Lipinski definition) is 0. The van der Waals surface area contributed by atoms with Crippen molar-refractivity contribution < 1.29 is 17.5 Å². The number of sulfone groups is 1. The number of anilines is 1. The molecule has 0 radical (unpaired) electrons. The van der Waals surface area contributed by atoms with E-state index < -0.39 is 26.0 Å². The van der Waals surface area contributed by atoms with Crippen molar-refractivity contribution in [3.05, 3.63) is 11.0 Å². The number of hydrogen-bond acceptors (Lipinski definition) is 7. The van der Waals surface area contributed by atoms with Crippen LogP contribution in [0.4, 0.5) is 10.2 Å². The molecular formula is C19H26ClFN4O3S. The minimum Gasteiger partial charge on any atom is -0.477 e. The zero-order valence-electron chi connectivity index (χ0n) is 16.9. The van der Waals surface area contributed by atoms with Crippen LogP contribution in [0.1, 0.15) is 46.0 Å². The Bertz CT molecular complexity index is 1000. The monoisotopic (exact) mass is 444 g/mol. The summed E-state index contributed by atoms with van der Waals surface area (Å²) in [6.45, 7) is 5.87. The average molecular weight is 445 g/mol. The van der Waals surface area contributed by atoms with Crippen LogP contribution >= 0.6 is 11.6 Å². The standard InChI is InChI=1S/C19H26ClFN4O3S/c1-4-6-7-8-12-10-25(9-5-2)17-13-15(22-19(24-17)29(3,26)27)14(21)16(20)23-18(13)28-11-12/h12H,4-11H2,1-3H3. The normalized spacial score (nSPS) is 17.1. The number of unbranched alkanes of at least 4 members (excludes halogenated alkanes) is 2. The second kappa shape index (κ2) is 8.95. The molecule has 0 bridgehead atoms. The summed E-state index contributed by atoms with van der Waals surface area (Å²) in [5, 5.41) is -0.571. The number of ether oxygens (including phenoxy) is 1. The van der Waals surface area contributed by atoms with E-state index in [1.54, 1.807) is 0 Å². The van der Waals surface area contributed by atoms with E-state index in [0.717, 1.165) is 38.4 Å². The Hall–Kier alpha value is -1.74. The van der Waals surface area contributed by atoms with Gasteiger partial charge < -0.3 is 9.64 Å². The van der Waals surface area contributed by atoms with Crippen LogP contribution in [0.15, 0.2) is 5.16 Å². The topological polar surface area (TPSA) is 85.3 Å². The highest BCUT2D eigenvalue weighted by molar-refractivity contribution is 7.90. The molecule has 0 aliphatic carbocycles. The molecule has 1 aliphatic heterocycles. The predicted molar refractivity (Wildman–Crippen MR) is 111 cm³/mol. The Kier molecular flexibility index (Phi) is 6.78. The third-order valence-corrected chi connectivity index (χ3v) is 6.04. The van der Waals surface area contributed by atoms with Crippen LogP contribution in [0.5, 0.6) is 5.88 Å². The van der Waals surface area contributed by atoms with Gasteiger partial charge in [0.15, 0.2) is 11.0 Å². The lowest BCUT2D eigenvalue weighted by molar-refractivity contribution is 0.230. The Morgan fingerprint density at radius 1 is 1.21 bits per heavy atom. The SMILES string of the molecule is CCCCCC1COc2nc(Cl)c(F)c3nc(S(C)(=O)=O)nc(c23)N(CCC)C1. The zero-order valence-corrected chi connectivity index (χ0v) is 18.5. The highest BCUT2D eigenvalue weighted by atomic mass is 35.5. The third-order valence-electron chi connectivity index (χ3n) is 4.95. The van der Waals surface area contributed by atoms with Crippen LogP contribution < -0.4 is 9.64 Å². The van der Waals surface area contributed by atoms with Crippen molar-refractivity contribution in [3.63, 3.8) is 0 Å². The summed E-state index contributed by atoms with van der Waals surface area (Å²) < 4.78 is 45.0. The molecular weight excluding hydrogens is 419 g/mol. The van der Waals surface area contributed by atoms with E-state index in [9.17, 15) is 12.8 Å². The molecule has 3 rings (SSSR count). The Morgan fingerprint density at radius 2 is 1.97 bits per heavy atom. The van der Waals surface area contributed by atoms with Crippen LogP contribution in [0.25, 0.3) is 10.9 Å². The van der Waals surface area contributed by atoms with Gasteiger partial charge in [-0.05, 0) is 12.8 Å². The molecule has 29 heavy (non-hydrogen) atoms. The van der Waals surface area contributed by atoms with Gasteiger partial charge in [0.2, 0.25) is 20.9 Å². The lowest BCUT2D eigenvalue weighted by Gasteiger charge is -2.32. The van der Waals surface area contributed by atoms with Crippen LogP contribution in [0.3, 0.4) is 0 Å². The van der Waals surface area contributed by atoms with Gasteiger partial charge in [0.1, 0.15) is 16.7 Å². The van der Waals surface area contributed by atoms with Crippen molar-refractivity contribution in [1.82, 2.24) is 15.0 Å². The van der Waals surface area contributed by atoms with Gasteiger partial charge in [0.25, 0.3) is 0 Å². The maximum atomic E-state index is 14.8. The molecule has 1 aliphatic rings. The highest BCUT2D eigenvalue weighted by Gasteiger charge is 2.29. The summed E-state index contributed by atoms with van der Waals surface area (Å²) in [6.07, 6.45) is 6.11. The molecule has 3 heterocycles. The lowest BCUT2D eigenvalue weighted by atomic mass is 10.0. The summed E-state index contributed by atoms with van der Waals surface area (Å²) in [6, 6.07) is 0. The molecule has 0 saturated carbocycles. The van der Waals surface area contributed by atoms with Gasteiger partial charge in [-0.15, -0.1) is 0 Å². The molecule has 0 spiro atoms. The number of halogens is 2. The average Bonchev–Trinajstić information content (AvgIpc) is 2.66. The first-order valence-electron chi connectivity index (χ1n) is 9.90. The predicted octanol–water partition coefficient (Wildman–Crippen LogP) is 4.03. The van der Waals surface area contributed by atoms with Crippen molar-refractivity contribution in [2.24, 2.45) is 5.92 Å². The molecule has 0 saturated heterocycles. The summed E-state index contributed by atoms with van der Waals surface area (Å²) in [5.41, 5.74) is -0.184. The minimum absolute atomic E-state index is 0.141. The number of nitrogens with zero attached hydrogens (tertiary/aromatic N) is 4. The van der Waals surface area contributed by atoms with E-state index in [2.05, 4.69) is 21.9 Å². The quantitative estimate of drug-likeness (QED) is 0.362. The van der Waals surface area contributed by atoms with Gasteiger partial charge in [0.05, 0.1) is 6.61 Å². The van der Waals surface area contributed by atoms with E-state index in [1.807, 2.05) is 11.8 Å². The molecule has 0 aromatic carbocycles. The maximum absolute atomic E-state index is 14.8. The van der Waals surface area contributed by atoms with Gasteiger partial charge >= 0.3 is 0 Å². The Morgan fingerprint density at radius 3 is 2.62 bits per heavy atom. The van der Waals surface area contributed by atoms with E-state index in [1.165, 1.54) is 0 Å². The summed E-state index contributed by atoms with van der Waals surface area (Å²) in [4.78, 5) is 14.3. The van der Waals surface area contributed by atoms with Gasteiger partial charge in [-0.25, -0.2) is 22.8 Å². The molecule has 1 unspecified atom stereocenters. The van der Waals surface area contributed by atoms with Gasteiger partial charge in [-0.2, -0.15) is 4.98 Å². The van der Waals surface area contributed by atoms with Crippen molar-refractivity contribution in [3.8, 4) is 5.88 Å².